The first-order chi connectivity index (χ1) is 10.5. The Morgan fingerprint density at radius 1 is 1.26 bits per heavy atom. The van der Waals surface area contributed by atoms with Crippen LogP contribution in [0.3, 0.4) is 0 Å². The summed E-state index contributed by atoms with van der Waals surface area (Å²) in [7, 11) is 1.86. The maximum absolute atomic E-state index is 4.35. The minimum Gasteiger partial charge on any atom is -0.356 e. The molecule has 1 rings (SSSR count). The third kappa shape index (κ3) is 11.0. The number of nitrogens with one attached hydrogen (secondary N) is 2. The standard InChI is InChI=1S/C18H36N4.HI/c1-15(2)8-6-7-11-20-18(19-5)21-17-9-12-22(13-10-17)14-16(3)4;/h15,17H,3,6-14H2,1-2,4-5H3,(H2,19,20,21);1H. The molecule has 1 aliphatic heterocycles. The van der Waals surface area contributed by atoms with Crippen LogP contribution in [0, 0.1) is 5.92 Å². The van der Waals surface area contributed by atoms with Crippen LogP contribution in [0.15, 0.2) is 17.1 Å². The van der Waals surface area contributed by atoms with E-state index in [1.165, 1.54) is 37.7 Å². The highest BCUT2D eigenvalue weighted by atomic mass is 127. The van der Waals surface area contributed by atoms with E-state index < -0.39 is 0 Å². The van der Waals surface area contributed by atoms with Gasteiger partial charge in [-0.2, -0.15) is 0 Å². The zero-order chi connectivity index (χ0) is 16.4. The number of piperidine rings is 1. The molecule has 0 aromatic carbocycles. The first-order valence-corrected chi connectivity index (χ1v) is 8.85. The molecular weight excluding hydrogens is 399 g/mol. The van der Waals surface area contributed by atoms with Crippen LogP contribution in [0.5, 0.6) is 0 Å². The van der Waals surface area contributed by atoms with Crippen LogP contribution in [-0.2, 0) is 0 Å². The summed E-state index contributed by atoms with van der Waals surface area (Å²) < 4.78 is 0. The zero-order valence-electron chi connectivity index (χ0n) is 15.5. The summed E-state index contributed by atoms with van der Waals surface area (Å²) in [5, 5.41) is 7.01. The highest BCUT2D eigenvalue weighted by Gasteiger charge is 2.19. The largest absolute Gasteiger partial charge is 0.356 e. The highest BCUT2D eigenvalue weighted by molar-refractivity contribution is 14.0. The molecule has 0 amide bonds. The second-order valence-electron chi connectivity index (χ2n) is 7.04. The number of rotatable bonds is 8. The van der Waals surface area contributed by atoms with Crippen LogP contribution in [0.4, 0.5) is 0 Å². The molecule has 23 heavy (non-hydrogen) atoms. The lowest BCUT2D eigenvalue weighted by atomic mass is 10.0. The number of nitrogens with zero attached hydrogens (tertiary/aromatic N) is 2. The van der Waals surface area contributed by atoms with Crippen molar-refractivity contribution in [3.63, 3.8) is 0 Å². The SMILES string of the molecule is C=C(C)CN1CCC(NC(=NC)NCCCCC(C)C)CC1.I. The lowest BCUT2D eigenvalue weighted by Gasteiger charge is -2.33. The van der Waals surface area contributed by atoms with E-state index in [-0.39, 0.29) is 24.0 Å². The summed E-state index contributed by atoms with van der Waals surface area (Å²) in [6.45, 7) is 15.0. The molecule has 1 saturated heterocycles. The molecule has 4 nitrogen and oxygen atoms in total. The molecule has 136 valence electrons. The van der Waals surface area contributed by atoms with Gasteiger partial charge in [-0.15, -0.1) is 24.0 Å². The number of guanidine groups is 1. The zero-order valence-corrected chi connectivity index (χ0v) is 17.9. The van der Waals surface area contributed by atoms with Crippen molar-refractivity contribution in [2.75, 3.05) is 33.2 Å². The Morgan fingerprint density at radius 3 is 2.43 bits per heavy atom. The fourth-order valence-corrected chi connectivity index (χ4v) is 2.89. The Morgan fingerprint density at radius 2 is 1.91 bits per heavy atom. The van der Waals surface area contributed by atoms with E-state index in [0.717, 1.165) is 38.1 Å². The predicted octanol–water partition coefficient (Wildman–Crippen LogP) is 3.64. The summed E-state index contributed by atoms with van der Waals surface area (Å²) >= 11 is 0. The summed E-state index contributed by atoms with van der Waals surface area (Å²) in [6.07, 6.45) is 6.19. The topological polar surface area (TPSA) is 39.7 Å². The van der Waals surface area contributed by atoms with Gasteiger partial charge in [0, 0.05) is 39.3 Å². The van der Waals surface area contributed by atoms with E-state index in [1.54, 1.807) is 0 Å². The summed E-state index contributed by atoms with van der Waals surface area (Å²) in [5.41, 5.74) is 1.25. The molecular formula is C18H37IN4. The molecule has 0 atom stereocenters. The van der Waals surface area contributed by atoms with Crippen molar-refractivity contribution >= 4 is 29.9 Å². The van der Waals surface area contributed by atoms with Gasteiger partial charge in [0.25, 0.3) is 0 Å². The maximum atomic E-state index is 4.35. The third-order valence-corrected chi connectivity index (χ3v) is 4.15. The molecule has 0 unspecified atom stereocenters. The van der Waals surface area contributed by atoms with Gasteiger partial charge in [-0.3, -0.25) is 9.89 Å². The molecule has 1 heterocycles. The smallest absolute Gasteiger partial charge is 0.191 e. The number of hydrogen-bond donors (Lipinski definition) is 2. The number of aliphatic imine (C=N–C) groups is 1. The summed E-state index contributed by atoms with van der Waals surface area (Å²) in [5.74, 6) is 1.77. The van der Waals surface area contributed by atoms with E-state index in [2.05, 4.69) is 47.9 Å². The first-order valence-electron chi connectivity index (χ1n) is 8.85. The predicted molar refractivity (Wildman–Crippen MR) is 113 cm³/mol. The Bertz CT molecular complexity index is 347. The molecule has 1 fully saturated rings. The summed E-state index contributed by atoms with van der Waals surface area (Å²) in [6, 6.07) is 0.545. The van der Waals surface area contributed by atoms with Gasteiger partial charge in [-0.1, -0.05) is 38.8 Å². The van der Waals surface area contributed by atoms with E-state index >= 15 is 0 Å². The van der Waals surface area contributed by atoms with Crippen molar-refractivity contribution in [1.82, 2.24) is 15.5 Å². The van der Waals surface area contributed by atoms with Gasteiger partial charge in [-0.05, 0) is 32.1 Å². The quantitative estimate of drug-likeness (QED) is 0.201. The minimum absolute atomic E-state index is 0. The molecule has 5 heteroatoms. The van der Waals surface area contributed by atoms with Crippen LogP contribution in [-0.4, -0.2) is 50.1 Å². The van der Waals surface area contributed by atoms with E-state index in [9.17, 15) is 0 Å². The maximum Gasteiger partial charge on any atom is 0.191 e. The summed E-state index contributed by atoms with van der Waals surface area (Å²) in [4.78, 5) is 6.84. The number of halogens is 1. The Kier molecular flexibility index (Phi) is 12.9. The van der Waals surface area contributed by atoms with E-state index in [1.807, 2.05) is 7.05 Å². The molecule has 0 radical (unpaired) electrons. The normalized spacial score (nSPS) is 17.0. The lowest BCUT2D eigenvalue weighted by Crippen LogP contribution is -2.49. The molecule has 0 aromatic heterocycles. The van der Waals surface area contributed by atoms with Gasteiger partial charge in [0.2, 0.25) is 0 Å². The van der Waals surface area contributed by atoms with Gasteiger partial charge >= 0.3 is 0 Å². The molecule has 0 spiro atoms. The van der Waals surface area contributed by atoms with Gasteiger partial charge < -0.3 is 10.6 Å². The average Bonchev–Trinajstić information content (AvgIpc) is 2.46. The van der Waals surface area contributed by atoms with Crippen molar-refractivity contribution in [2.45, 2.75) is 58.9 Å². The van der Waals surface area contributed by atoms with Crippen LogP contribution < -0.4 is 10.6 Å². The van der Waals surface area contributed by atoms with E-state index in [0.29, 0.717) is 6.04 Å². The molecule has 1 aliphatic rings. The Balaban J connectivity index is 0.00000484. The first kappa shape index (κ1) is 22.7. The van der Waals surface area contributed by atoms with Gasteiger partial charge in [-0.25, -0.2) is 0 Å². The van der Waals surface area contributed by atoms with Crippen LogP contribution in [0.2, 0.25) is 0 Å². The molecule has 0 bridgehead atoms. The molecule has 2 N–H and O–H groups in total. The second-order valence-corrected chi connectivity index (χ2v) is 7.04. The van der Waals surface area contributed by atoms with Crippen molar-refractivity contribution in [3.8, 4) is 0 Å². The van der Waals surface area contributed by atoms with Crippen molar-refractivity contribution in [2.24, 2.45) is 10.9 Å². The Hall–Kier alpha value is -0.300. The minimum atomic E-state index is 0. The molecule has 0 saturated carbocycles. The average molecular weight is 436 g/mol. The second kappa shape index (κ2) is 13.0. The highest BCUT2D eigenvalue weighted by Crippen LogP contribution is 2.11. The van der Waals surface area contributed by atoms with Crippen LogP contribution in [0.1, 0.15) is 52.9 Å². The number of hydrogen-bond acceptors (Lipinski definition) is 2. The van der Waals surface area contributed by atoms with Gasteiger partial charge in [0.05, 0.1) is 0 Å². The van der Waals surface area contributed by atoms with Crippen molar-refractivity contribution < 1.29 is 0 Å². The fourth-order valence-electron chi connectivity index (χ4n) is 2.89. The van der Waals surface area contributed by atoms with Gasteiger partial charge in [0.1, 0.15) is 0 Å². The number of likely N-dealkylation sites (tertiary alicyclic amines) is 1. The third-order valence-electron chi connectivity index (χ3n) is 4.15. The molecule has 0 aliphatic carbocycles. The van der Waals surface area contributed by atoms with Crippen molar-refractivity contribution in [1.29, 1.82) is 0 Å². The number of unbranched alkanes of at least 4 members (excludes halogenated alkanes) is 1. The lowest BCUT2D eigenvalue weighted by molar-refractivity contribution is 0.221. The fraction of sp³-hybridized carbons (Fsp3) is 0.833. The Labute approximate surface area is 160 Å². The van der Waals surface area contributed by atoms with Crippen LogP contribution >= 0.6 is 24.0 Å². The van der Waals surface area contributed by atoms with Gasteiger partial charge in [0.15, 0.2) is 5.96 Å². The monoisotopic (exact) mass is 436 g/mol. The van der Waals surface area contributed by atoms with Crippen molar-refractivity contribution in [3.05, 3.63) is 12.2 Å². The molecule has 0 aromatic rings. The van der Waals surface area contributed by atoms with Crippen LogP contribution in [0.25, 0.3) is 0 Å². The van der Waals surface area contributed by atoms with E-state index in [4.69, 9.17) is 0 Å².